The van der Waals surface area contributed by atoms with Crippen LogP contribution in [0, 0.1) is 0 Å². The lowest BCUT2D eigenvalue weighted by atomic mass is 10.3. The van der Waals surface area contributed by atoms with Crippen molar-refractivity contribution in [1.82, 2.24) is 14.9 Å². The Kier molecular flexibility index (Phi) is 6.93. The molecular weight excluding hydrogens is 459 g/mol. The lowest BCUT2D eigenvalue weighted by Gasteiger charge is -2.34. The normalized spacial score (nSPS) is 17.3. The minimum absolute atomic E-state index is 0.0237. The molecule has 1 saturated heterocycles. The van der Waals surface area contributed by atoms with Gasteiger partial charge in [-0.25, -0.2) is 18.5 Å². The van der Waals surface area contributed by atoms with E-state index in [2.05, 4.69) is 15.3 Å². The summed E-state index contributed by atoms with van der Waals surface area (Å²) in [6, 6.07) is 6.11. The number of sulfonamides is 1. The van der Waals surface area contributed by atoms with Gasteiger partial charge in [0.15, 0.2) is 10.8 Å². The molecule has 0 radical (unpaired) electrons. The molecule has 1 aromatic heterocycles. The monoisotopic (exact) mass is 477 g/mol. The third kappa shape index (κ3) is 6.46. The number of benzene rings is 1. The summed E-state index contributed by atoms with van der Waals surface area (Å²) in [6.45, 7) is 1.06. The highest BCUT2D eigenvalue weighted by Crippen LogP contribution is 2.27. The van der Waals surface area contributed by atoms with E-state index in [0.717, 1.165) is 12.3 Å². The molecule has 1 atom stereocenters. The van der Waals surface area contributed by atoms with E-state index in [4.69, 9.17) is 26.8 Å². The van der Waals surface area contributed by atoms with Gasteiger partial charge in [-0.3, -0.25) is 0 Å². The molecular formula is C17H18F3N5O4S2. The molecule has 3 N–H and O–H groups in total. The first kappa shape index (κ1) is 23.1. The average Bonchev–Trinajstić information content (AvgIpc) is 2.72. The Morgan fingerprint density at radius 2 is 2.03 bits per heavy atom. The van der Waals surface area contributed by atoms with Crippen LogP contribution in [0.2, 0.25) is 0 Å². The highest BCUT2D eigenvalue weighted by Gasteiger charge is 2.33. The number of primary sulfonamides is 1. The first-order valence-electron chi connectivity index (χ1n) is 8.86. The van der Waals surface area contributed by atoms with Crippen LogP contribution in [0.1, 0.15) is 5.69 Å². The quantitative estimate of drug-likeness (QED) is 0.619. The Morgan fingerprint density at radius 3 is 2.68 bits per heavy atom. The maximum atomic E-state index is 12.7. The summed E-state index contributed by atoms with van der Waals surface area (Å²) in [5.41, 5.74) is -0.531. The highest BCUT2D eigenvalue weighted by molar-refractivity contribution is 7.89. The Bertz CT molecular complexity index is 1030. The molecule has 1 aliphatic rings. The third-order valence-electron chi connectivity index (χ3n) is 4.18. The van der Waals surface area contributed by atoms with Crippen molar-refractivity contribution >= 4 is 33.0 Å². The number of rotatable bonds is 5. The second kappa shape index (κ2) is 9.30. The van der Waals surface area contributed by atoms with Crippen LogP contribution in [0.5, 0.6) is 6.01 Å². The second-order valence-corrected chi connectivity index (χ2v) is 8.42. The van der Waals surface area contributed by atoms with Crippen molar-refractivity contribution in [3.05, 3.63) is 42.2 Å². The van der Waals surface area contributed by atoms with E-state index in [1.165, 1.54) is 24.3 Å². The number of morpholine rings is 1. The van der Waals surface area contributed by atoms with E-state index in [-0.39, 0.29) is 11.5 Å². The molecule has 1 unspecified atom stereocenters. The molecule has 1 fully saturated rings. The summed E-state index contributed by atoms with van der Waals surface area (Å²) >= 11 is 5.38. The minimum Gasteiger partial charge on any atom is -0.461 e. The van der Waals surface area contributed by atoms with E-state index in [1.807, 2.05) is 0 Å². The Labute approximate surface area is 181 Å². The van der Waals surface area contributed by atoms with Crippen LogP contribution < -0.4 is 15.2 Å². The first-order chi connectivity index (χ1) is 14.5. The zero-order valence-electron chi connectivity index (χ0n) is 15.9. The second-order valence-electron chi connectivity index (χ2n) is 6.47. The zero-order valence-corrected chi connectivity index (χ0v) is 17.5. The molecule has 9 nitrogen and oxygen atoms in total. The molecule has 14 heteroatoms. The summed E-state index contributed by atoms with van der Waals surface area (Å²) < 4.78 is 71.6. The SMILES string of the molecule is NS(=O)(=O)c1ccc(NC(=S)N2CCOC(COc3nccc(C(F)(F)F)n3)C2)cc1. The molecule has 1 aromatic carbocycles. The predicted molar refractivity (Wildman–Crippen MR) is 108 cm³/mol. The average molecular weight is 477 g/mol. The van der Waals surface area contributed by atoms with Gasteiger partial charge in [0.25, 0.3) is 0 Å². The number of anilines is 1. The van der Waals surface area contributed by atoms with Gasteiger partial charge in [0, 0.05) is 25.0 Å². The molecule has 168 valence electrons. The minimum atomic E-state index is -4.59. The molecule has 0 saturated carbocycles. The fourth-order valence-electron chi connectivity index (χ4n) is 2.67. The first-order valence-corrected chi connectivity index (χ1v) is 10.8. The van der Waals surface area contributed by atoms with E-state index in [1.54, 1.807) is 4.90 Å². The van der Waals surface area contributed by atoms with Crippen molar-refractivity contribution in [2.45, 2.75) is 17.2 Å². The van der Waals surface area contributed by atoms with Gasteiger partial charge in [-0.1, -0.05) is 0 Å². The summed E-state index contributed by atoms with van der Waals surface area (Å²) in [7, 11) is -3.79. The van der Waals surface area contributed by atoms with Crippen molar-refractivity contribution in [3.8, 4) is 6.01 Å². The van der Waals surface area contributed by atoms with Crippen molar-refractivity contribution in [2.75, 3.05) is 31.6 Å². The standard InChI is InChI=1S/C17H18F3N5O4S2/c18-17(19,20)14-5-6-22-15(24-14)29-10-12-9-25(7-8-28-12)16(30)23-11-1-3-13(4-2-11)31(21,26)27/h1-6,12H,7-10H2,(H,23,30)(H2,21,26,27). The molecule has 2 heterocycles. The summed E-state index contributed by atoms with van der Waals surface area (Å²) in [6.07, 6.45) is -4.10. The number of alkyl halides is 3. The van der Waals surface area contributed by atoms with Gasteiger partial charge >= 0.3 is 12.2 Å². The fraction of sp³-hybridized carbons (Fsp3) is 0.353. The third-order valence-corrected chi connectivity index (χ3v) is 5.47. The van der Waals surface area contributed by atoms with E-state index in [0.29, 0.717) is 30.5 Å². The lowest BCUT2D eigenvalue weighted by Crippen LogP contribution is -2.49. The molecule has 0 amide bonds. The molecule has 0 bridgehead atoms. The number of aromatic nitrogens is 2. The molecule has 1 aliphatic heterocycles. The van der Waals surface area contributed by atoms with Crippen molar-refractivity contribution in [1.29, 1.82) is 0 Å². The Hall–Kier alpha value is -2.55. The predicted octanol–water partition coefficient (Wildman–Crippen LogP) is 1.62. The maximum absolute atomic E-state index is 12.7. The van der Waals surface area contributed by atoms with Crippen molar-refractivity contribution in [2.24, 2.45) is 5.14 Å². The summed E-state index contributed by atoms with van der Waals surface area (Å²) in [5.74, 6) is 0. The van der Waals surface area contributed by atoms with Crippen LogP contribution >= 0.6 is 12.2 Å². The van der Waals surface area contributed by atoms with Crippen LogP contribution in [0.3, 0.4) is 0 Å². The molecule has 3 rings (SSSR count). The van der Waals surface area contributed by atoms with Crippen molar-refractivity contribution < 1.29 is 31.1 Å². The number of halogens is 3. The number of ether oxygens (including phenoxy) is 2. The largest absolute Gasteiger partial charge is 0.461 e. The Balaban J connectivity index is 1.55. The number of thiocarbonyl (C=S) groups is 1. The lowest BCUT2D eigenvalue weighted by molar-refractivity contribution is -0.141. The van der Waals surface area contributed by atoms with E-state index < -0.39 is 34.0 Å². The molecule has 31 heavy (non-hydrogen) atoms. The van der Waals surface area contributed by atoms with Gasteiger partial charge in [-0.2, -0.15) is 18.2 Å². The van der Waals surface area contributed by atoms with Crippen LogP contribution in [0.15, 0.2) is 41.4 Å². The molecule has 2 aromatic rings. The number of hydrogen-bond acceptors (Lipinski definition) is 7. The van der Waals surface area contributed by atoms with Crippen LogP contribution in [-0.2, 0) is 20.9 Å². The number of hydrogen-bond donors (Lipinski definition) is 2. The van der Waals surface area contributed by atoms with Crippen LogP contribution in [0.25, 0.3) is 0 Å². The van der Waals surface area contributed by atoms with Gasteiger partial charge in [-0.15, -0.1) is 0 Å². The van der Waals surface area contributed by atoms with Gasteiger partial charge in [0.05, 0.1) is 11.5 Å². The van der Waals surface area contributed by atoms with Crippen molar-refractivity contribution in [3.63, 3.8) is 0 Å². The van der Waals surface area contributed by atoms with Crippen LogP contribution in [-0.4, -0.2) is 60.8 Å². The number of nitrogens with two attached hydrogens (primary N) is 1. The van der Waals surface area contributed by atoms with E-state index in [9.17, 15) is 21.6 Å². The molecule has 0 aliphatic carbocycles. The summed E-state index contributed by atoms with van der Waals surface area (Å²) in [4.78, 5) is 8.80. The van der Waals surface area contributed by atoms with Gasteiger partial charge < -0.3 is 19.7 Å². The number of nitrogens with one attached hydrogen (secondary N) is 1. The Morgan fingerprint density at radius 1 is 1.32 bits per heavy atom. The fourth-order valence-corrected chi connectivity index (χ4v) is 3.47. The topological polar surface area (TPSA) is 120 Å². The van der Waals surface area contributed by atoms with Gasteiger partial charge in [-0.05, 0) is 42.5 Å². The zero-order chi connectivity index (χ0) is 22.6. The highest BCUT2D eigenvalue weighted by atomic mass is 32.2. The van der Waals surface area contributed by atoms with Gasteiger partial charge in [0.2, 0.25) is 10.0 Å². The van der Waals surface area contributed by atoms with E-state index >= 15 is 0 Å². The number of nitrogens with zero attached hydrogens (tertiary/aromatic N) is 3. The van der Waals surface area contributed by atoms with Crippen LogP contribution in [0.4, 0.5) is 18.9 Å². The van der Waals surface area contributed by atoms with Gasteiger partial charge in [0.1, 0.15) is 12.7 Å². The summed E-state index contributed by atoms with van der Waals surface area (Å²) in [5, 5.41) is 8.42. The maximum Gasteiger partial charge on any atom is 0.433 e. The molecule has 0 spiro atoms. The smallest absolute Gasteiger partial charge is 0.433 e.